The summed E-state index contributed by atoms with van der Waals surface area (Å²) in [6.45, 7) is 1.88. The highest BCUT2D eigenvalue weighted by molar-refractivity contribution is 5.78. The van der Waals surface area contributed by atoms with Gasteiger partial charge in [0, 0.05) is 19.0 Å². The second-order valence-corrected chi connectivity index (χ2v) is 6.51. The summed E-state index contributed by atoms with van der Waals surface area (Å²) in [5.41, 5.74) is 0.848. The highest BCUT2D eigenvalue weighted by Gasteiger charge is 2.34. The van der Waals surface area contributed by atoms with Gasteiger partial charge in [-0.05, 0) is 30.9 Å². The molecule has 144 valence electrons. The number of hydrogen-bond donors (Lipinski definition) is 1. The van der Waals surface area contributed by atoms with Gasteiger partial charge in [0.1, 0.15) is 0 Å². The summed E-state index contributed by atoms with van der Waals surface area (Å²) < 4.78 is 16.1. The second kappa shape index (κ2) is 8.78. The number of hydrogen-bond acceptors (Lipinski definition) is 5. The van der Waals surface area contributed by atoms with Crippen LogP contribution in [-0.2, 0) is 16.0 Å². The summed E-state index contributed by atoms with van der Waals surface area (Å²) in [7, 11) is 4.64. The van der Waals surface area contributed by atoms with Gasteiger partial charge in [-0.15, -0.1) is 0 Å². The number of carboxylic acid groups (broad SMARTS) is 1. The fourth-order valence-electron chi connectivity index (χ4n) is 2.96. The van der Waals surface area contributed by atoms with E-state index >= 15 is 0 Å². The third kappa shape index (κ3) is 4.59. The molecule has 7 nitrogen and oxygen atoms in total. The van der Waals surface area contributed by atoms with E-state index in [4.69, 9.17) is 19.3 Å². The molecule has 26 heavy (non-hydrogen) atoms. The van der Waals surface area contributed by atoms with Crippen LogP contribution in [0.5, 0.6) is 17.2 Å². The molecule has 1 aliphatic rings. The molecule has 1 aromatic rings. The van der Waals surface area contributed by atoms with Crippen molar-refractivity contribution in [1.29, 1.82) is 0 Å². The van der Waals surface area contributed by atoms with Crippen molar-refractivity contribution in [3.05, 3.63) is 17.7 Å². The molecule has 1 unspecified atom stereocenters. The van der Waals surface area contributed by atoms with Crippen LogP contribution in [0.4, 0.5) is 0 Å². The van der Waals surface area contributed by atoms with E-state index in [0.717, 1.165) is 18.4 Å². The van der Waals surface area contributed by atoms with Crippen molar-refractivity contribution in [3.8, 4) is 17.2 Å². The molecule has 1 atom stereocenters. The molecule has 7 heteroatoms. The molecule has 0 saturated heterocycles. The van der Waals surface area contributed by atoms with Gasteiger partial charge in [-0.1, -0.05) is 13.0 Å². The van der Waals surface area contributed by atoms with Gasteiger partial charge in [0.2, 0.25) is 11.7 Å². The first kappa shape index (κ1) is 19.9. The lowest BCUT2D eigenvalue weighted by atomic mass is 10.1. The van der Waals surface area contributed by atoms with Gasteiger partial charge in [-0.3, -0.25) is 9.59 Å². The average Bonchev–Trinajstić information content (AvgIpc) is 3.47. The van der Waals surface area contributed by atoms with Crippen LogP contribution in [-0.4, -0.2) is 55.8 Å². The van der Waals surface area contributed by atoms with Crippen molar-refractivity contribution in [2.24, 2.45) is 5.92 Å². The maximum atomic E-state index is 12.7. The maximum Gasteiger partial charge on any atom is 0.308 e. The van der Waals surface area contributed by atoms with E-state index in [1.54, 1.807) is 32.1 Å². The molecule has 0 bridgehead atoms. The third-order valence-corrected chi connectivity index (χ3v) is 4.59. The van der Waals surface area contributed by atoms with E-state index in [9.17, 15) is 9.59 Å². The molecule has 0 aliphatic heterocycles. The lowest BCUT2D eigenvalue weighted by molar-refractivity contribution is -0.143. The van der Waals surface area contributed by atoms with Crippen LogP contribution >= 0.6 is 0 Å². The minimum atomic E-state index is -0.884. The largest absolute Gasteiger partial charge is 0.493 e. The number of rotatable bonds is 10. The summed E-state index contributed by atoms with van der Waals surface area (Å²) >= 11 is 0. The molecule has 0 spiro atoms. The third-order valence-electron chi connectivity index (χ3n) is 4.59. The predicted octanol–water partition coefficient (Wildman–Crippen LogP) is 2.36. The smallest absolute Gasteiger partial charge is 0.308 e. The zero-order valence-electron chi connectivity index (χ0n) is 15.8. The molecular weight excluding hydrogens is 338 g/mol. The van der Waals surface area contributed by atoms with Crippen molar-refractivity contribution in [2.45, 2.75) is 38.6 Å². The Labute approximate surface area is 153 Å². The van der Waals surface area contributed by atoms with E-state index < -0.39 is 11.9 Å². The van der Waals surface area contributed by atoms with E-state index in [2.05, 4.69) is 0 Å². The number of aryl methyl sites for hydroxylation is 1. The molecule has 2 rings (SSSR count). The standard InChI is InChI=1S/C19H27NO6/c1-12(19(22)23)11-20(14-7-8-14)16(21)10-6-13-5-9-15(24-2)18(26-4)17(13)25-3/h5,9,12,14H,6-8,10-11H2,1-4H3,(H,22,23). The van der Waals surface area contributed by atoms with Gasteiger partial charge in [0.15, 0.2) is 11.5 Å². The monoisotopic (exact) mass is 365 g/mol. The summed E-state index contributed by atoms with van der Waals surface area (Å²) in [6, 6.07) is 3.82. The van der Waals surface area contributed by atoms with Crippen molar-refractivity contribution in [2.75, 3.05) is 27.9 Å². The number of methoxy groups -OCH3 is 3. The van der Waals surface area contributed by atoms with Gasteiger partial charge in [-0.25, -0.2) is 0 Å². The number of carbonyl (C=O) groups is 2. The fraction of sp³-hybridized carbons (Fsp3) is 0.579. The maximum absolute atomic E-state index is 12.7. The molecule has 1 N–H and O–H groups in total. The summed E-state index contributed by atoms with van der Waals surface area (Å²) in [4.78, 5) is 25.5. The molecule has 0 heterocycles. The van der Waals surface area contributed by atoms with E-state index in [-0.39, 0.29) is 24.9 Å². The minimum Gasteiger partial charge on any atom is -0.493 e. The van der Waals surface area contributed by atoms with E-state index in [0.29, 0.717) is 23.7 Å². The lowest BCUT2D eigenvalue weighted by Crippen LogP contribution is -2.38. The molecule has 1 aromatic carbocycles. The minimum absolute atomic E-state index is 0.0302. The molecule has 1 fully saturated rings. The first-order valence-electron chi connectivity index (χ1n) is 8.73. The van der Waals surface area contributed by atoms with Crippen LogP contribution in [0.25, 0.3) is 0 Å². The Morgan fingerprint density at radius 3 is 2.31 bits per heavy atom. The van der Waals surface area contributed by atoms with Gasteiger partial charge in [-0.2, -0.15) is 0 Å². The number of amides is 1. The summed E-state index contributed by atoms with van der Waals surface area (Å²) in [6.07, 6.45) is 2.65. The SMILES string of the molecule is COc1ccc(CCC(=O)N(CC(C)C(=O)O)C2CC2)c(OC)c1OC. The Kier molecular flexibility index (Phi) is 6.71. The Morgan fingerprint density at radius 2 is 1.81 bits per heavy atom. The number of benzene rings is 1. The van der Waals surface area contributed by atoms with Gasteiger partial charge in [0.25, 0.3) is 0 Å². The molecule has 1 amide bonds. The predicted molar refractivity (Wildman–Crippen MR) is 96.0 cm³/mol. The number of carbonyl (C=O) groups excluding carboxylic acids is 1. The van der Waals surface area contributed by atoms with Crippen molar-refractivity contribution in [1.82, 2.24) is 4.90 Å². The highest BCUT2D eigenvalue weighted by Crippen LogP contribution is 2.40. The number of nitrogens with zero attached hydrogens (tertiary/aromatic N) is 1. The lowest BCUT2D eigenvalue weighted by Gasteiger charge is -2.24. The molecule has 0 radical (unpaired) electrons. The number of carboxylic acids is 1. The highest BCUT2D eigenvalue weighted by atomic mass is 16.5. The van der Waals surface area contributed by atoms with Crippen LogP contribution in [0.15, 0.2) is 12.1 Å². The van der Waals surface area contributed by atoms with Gasteiger partial charge in [0.05, 0.1) is 27.2 Å². The zero-order chi connectivity index (χ0) is 19.3. The summed E-state index contributed by atoms with van der Waals surface area (Å²) in [5.74, 6) is 0.127. The van der Waals surface area contributed by atoms with Crippen LogP contribution < -0.4 is 14.2 Å². The Bertz CT molecular complexity index is 656. The zero-order valence-corrected chi connectivity index (χ0v) is 15.8. The Balaban J connectivity index is 2.09. The van der Waals surface area contributed by atoms with E-state index in [1.165, 1.54) is 7.11 Å². The molecule has 1 aliphatic carbocycles. The number of ether oxygens (including phenoxy) is 3. The van der Waals surface area contributed by atoms with Crippen LogP contribution in [0.1, 0.15) is 31.7 Å². The fourth-order valence-corrected chi connectivity index (χ4v) is 2.96. The van der Waals surface area contributed by atoms with Crippen LogP contribution in [0.2, 0.25) is 0 Å². The van der Waals surface area contributed by atoms with Crippen LogP contribution in [0, 0.1) is 5.92 Å². The average molecular weight is 365 g/mol. The van der Waals surface area contributed by atoms with Gasteiger partial charge < -0.3 is 24.2 Å². The van der Waals surface area contributed by atoms with Crippen molar-refractivity contribution in [3.63, 3.8) is 0 Å². The first-order valence-corrected chi connectivity index (χ1v) is 8.73. The summed E-state index contributed by atoms with van der Waals surface area (Å²) in [5, 5.41) is 9.12. The number of aliphatic carboxylic acids is 1. The molecule has 0 aromatic heterocycles. The van der Waals surface area contributed by atoms with E-state index in [1.807, 2.05) is 6.07 Å². The molecular formula is C19H27NO6. The van der Waals surface area contributed by atoms with Crippen molar-refractivity contribution >= 4 is 11.9 Å². The topological polar surface area (TPSA) is 85.3 Å². The first-order chi connectivity index (χ1) is 12.4. The quantitative estimate of drug-likeness (QED) is 0.685. The van der Waals surface area contributed by atoms with Crippen molar-refractivity contribution < 1.29 is 28.9 Å². The Morgan fingerprint density at radius 1 is 1.15 bits per heavy atom. The normalized spacial score (nSPS) is 14.5. The van der Waals surface area contributed by atoms with Crippen LogP contribution in [0.3, 0.4) is 0 Å². The van der Waals surface area contributed by atoms with Gasteiger partial charge >= 0.3 is 5.97 Å². The molecule has 1 saturated carbocycles. The second-order valence-electron chi connectivity index (χ2n) is 6.51. The Hall–Kier alpha value is -2.44.